The maximum absolute atomic E-state index is 12.1. The van der Waals surface area contributed by atoms with Crippen molar-refractivity contribution >= 4 is 47.2 Å². The van der Waals surface area contributed by atoms with Crippen molar-refractivity contribution in [3.05, 3.63) is 52.2 Å². The summed E-state index contributed by atoms with van der Waals surface area (Å²) in [5.74, 6) is 1.77. The molecule has 0 aliphatic heterocycles. The second kappa shape index (κ2) is 13.4. The summed E-state index contributed by atoms with van der Waals surface area (Å²) in [6, 6.07) is 9.19. The van der Waals surface area contributed by atoms with Crippen molar-refractivity contribution in [1.29, 1.82) is 0 Å². The number of aliphatic imine (C=N–C) groups is 1. The largest absolute Gasteiger partial charge is 0.497 e. The minimum atomic E-state index is -0.104. The minimum Gasteiger partial charge on any atom is -0.497 e. The Kier molecular flexibility index (Phi) is 11.6. The number of methoxy groups -OCH3 is 1. The van der Waals surface area contributed by atoms with Gasteiger partial charge in [-0.15, -0.1) is 24.0 Å². The number of hydrogen-bond donors (Lipinski definition) is 3. The standard InChI is InChI=1S/C20H28N4O2S.HI/c1-4-21-20(24-13-15(2)17-9-12-27-14-17)23-11-10-22-19(25)16-5-7-18(26-3)8-6-16;/h5-9,12,14-15H,4,10-11,13H2,1-3H3,(H,22,25)(H2,21,23,24);1H. The molecule has 2 rings (SSSR count). The molecule has 1 amide bonds. The molecular weight excluding hydrogens is 487 g/mol. The van der Waals surface area contributed by atoms with Gasteiger partial charge in [0.25, 0.3) is 5.91 Å². The highest BCUT2D eigenvalue weighted by Gasteiger charge is 2.07. The van der Waals surface area contributed by atoms with Crippen LogP contribution in [0, 0.1) is 0 Å². The minimum absolute atomic E-state index is 0. The summed E-state index contributed by atoms with van der Waals surface area (Å²) in [7, 11) is 1.60. The maximum atomic E-state index is 12.1. The number of guanidine groups is 1. The monoisotopic (exact) mass is 516 g/mol. The number of rotatable bonds is 9. The molecule has 1 aromatic carbocycles. The van der Waals surface area contributed by atoms with E-state index in [9.17, 15) is 4.79 Å². The lowest BCUT2D eigenvalue weighted by Crippen LogP contribution is -2.41. The van der Waals surface area contributed by atoms with Gasteiger partial charge in [-0.05, 0) is 53.6 Å². The van der Waals surface area contributed by atoms with Crippen molar-refractivity contribution in [3.63, 3.8) is 0 Å². The van der Waals surface area contributed by atoms with Crippen LogP contribution < -0.4 is 20.7 Å². The number of halogens is 1. The zero-order valence-electron chi connectivity index (χ0n) is 16.5. The summed E-state index contributed by atoms with van der Waals surface area (Å²) < 4.78 is 5.10. The topological polar surface area (TPSA) is 74.8 Å². The average molecular weight is 516 g/mol. The Balaban J connectivity index is 0.00000392. The molecule has 0 radical (unpaired) electrons. The summed E-state index contributed by atoms with van der Waals surface area (Å²) in [5, 5.41) is 13.6. The first-order chi connectivity index (χ1) is 13.1. The first-order valence-corrected chi connectivity index (χ1v) is 10.0. The van der Waals surface area contributed by atoms with Crippen molar-refractivity contribution in [2.75, 3.05) is 33.3 Å². The van der Waals surface area contributed by atoms with Crippen LogP contribution in [0.1, 0.15) is 35.7 Å². The fourth-order valence-corrected chi connectivity index (χ4v) is 3.21. The average Bonchev–Trinajstić information content (AvgIpc) is 3.24. The first kappa shape index (κ1) is 24.2. The predicted octanol–water partition coefficient (Wildman–Crippen LogP) is 3.46. The van der Waals surface area contributed by atoms with Crippen molar-refractivity contribution in [2.45, 2.75) is 19.8 Å². The van der Waals surface area contributed by atoms with E-state index in [1.54, 1.807) is 42.7 Å². The first-order valence-electron chi connectivity index (χ1n) is 9.10. The van der Waals surface area contributed by atoms with Crippen molar-refractivity contribution in [2.24, 2.45) is 4.99 Å². The summed E-state index contributed by atoms with van der Waals surface area (Å²) in [5.41, 5.74) is 1.92. The Hall–Kier alpha value is -1.81. The summed E-state index contributed by atoms with van der Waals surface area (Å²) in [4.78, 5) is 16.8. The van der Waals surface area contributed by atoms with Gasteiger partial charge in [-0.25, -0.2) is 0 Å². The Labute approximate surface area is 188 Å². The predicted molar refractivity (Wildman–Crippen MR) is 127 cm³/mol. The Morgan fingerprint density at radius 1 is 1.14 bits per heavy atom. The lowest BCUT2D eigenvalue weighted by atomic mass is 10.1. The number of carbonyl (C=O) groups is 1. The van der Waals surface area contributed by atoms with Gasteiger partial charge in [-0.3, -0.25) is 9.79 Å². The third kappa shape index (κ3) is 8.05. The second-order valence-corrected chi connectivity index (χ2v) is 6.87. The normalized spacial score (nSPS) is 11.9. The van der Waals surface area contributed by atoms with Crippen LogP contribution in [0.2, 0.25) is 0 Å². The highest BCUT2D eigenvalue weighted by Crippen LogP contribution is 2.18. The van der Waals surface area contributed by atoms with Gasteiger partial charge in [0.15, 0.2) is 5.96 Å². The van der Waals surface area contributed by atoms with Crippen LogP contribution in [-0.4, -0.2) is 45.2 Å². The van der Waals surface area contributed by atoms with E-state index >= 15 is 0 Å². The molecule has 1 heterocycles. The van der Waals surface area contributed by atoms with E-state index in [-0.39, 0.29) is 29.9 Å². The van der Waals surface area contributed by atoms with E-state index in [0.717, 1.165) is 18.3 Å². The molecule has 0 fully saturated rings. The molecule has 1 unspecified atom stereocenters. The third-order valence-electron chi connectivity index (χ3n) is 4.03. The second-order valence-electron chi connectivity index (χ2n) is 6.09. The fourth-order valence-electron chi connectivity index (χ4n) is 2.43. The molecule has 0 bridgehead atoms. The molecule has 0 saturated heterocycles. The van der Waals surface area contributed by atoms with Gasteiger partial charge >= 0.3 is 0 Å². The molecule has 1 aromatic heterocycles. The zero-order valence-corrected chi connectivity index (χ0v) is 19.7. The number of benzene rings is 1. The summed E-state index contributed by atoms with van der Waals surface area (Å²) in [6.45, 7) is 6.81. The van der Waals surface area contributed by atoms with E-state index in [2.05, 4.69) is 44.7 Å². The number of nitrogens with zero attached hydrogens (tertiary/aromatic N) is 1. The van der Waals surface area contributed by atoms with Gasteiger partial charge < -0.3 is 20.7 Å². The van der Waals surface area contributed by atoms with Crippen LogP contribution in [0.4, 0.5) is 0 Å². The molecule has 154 valence electrons. The van der Waals surface area contributed by atoms with E-state index in [1.165, 1.54) is 5.56 Å². The third-order valence-corrected chi connectivity index (χ3v) is 4.74. The van der Waals surface area contributed by atoms with Crippen molar-refractivity contribution < 1.29 is 9.53 Å². The van der Waals surface area contributed by atoms with Crippen LogP contribution in [0.5, 0.6) is 5.75 Å². The molecule has 0 aliphatic carbocycles. The van der Waals surface area contributed by atoms with Crippen LogP contribution in [0.3, 0.4) is 0 Å². The van der Waals surface area contributed by atoms with Gasteiger partial charge in [0.05, 0.1) is 7.11 Å². The highest BCUT2D eigenvalue weighted by molar-refractivity contribution is 14.0. The summed E-state index contributed by atoms with van der Waals surface area (Å²) >= 11 is 1.71. The molecule has 1 atom stereocenters. The molecule has 0 aliphatic rings. The van der Waals surface area contributed by atoms with Gasteiger partial charge in [0.2, 0.25) is 0 Å². The zero-order chi connectivity index (χ0) is 19.5. The molecule has 8 heteroatoms. The lowest BCUT2D eigenvalue weighted by Gasteiger charge is -2.13. The number of amides is 1. The van der Waals surface area contributed by atoms with E-state index in [0.29, 0.717) is 31.1 Å². The SMILES string of the molecule is CCNC(=NCC(C)c1ccsc1)NCCNC(=O)c1ccc(OC)cc1.I. The van der Waals surface area contributed by atoms with E-state index in [1.807, 2.05) is 6.92 Å². The van der Waals surface area contributed by atoms with Crippen LogP contribution in [-0.2, 0) is 0 Å². The smallest absolute Gasteiger partial charge is 0.251 e. The quantitative estimate of drug-likeness (QED) is 0.207. The van der Waals surface area contributed by atoms with Gasteiger partial charge in [0.1, 0.15) is 5.75 Å². The number of hydrogen-bond acceptors (Lipinski definition) is 4. The number of thiophene rings is 1. The molecular formula is C20H29IN4O2S. The van der Waals surface area contributed by atoms with Crippen molar-refractivity contribution in [1.82, 2.24) is 16.0 Å². The number of ether oxygens (including phenoxy) is 1. The molecule has 0 spiro atoms. The Morgan fingerprint density at radius 3 is 2.46 bits per heavy atom. The molecule has 6 nitrogen and oxygen atoms in total. The maximum Gasteiger partial charge on any atom is 0.251 e. The molecule has 0 saturated carbocycles. The lowest BCUT2D eigenvalue weighted by molar-refractivity contribution is 0.0954. The van der Waals surface area contributed by atoms with Gasteiger partial charge in [-0.2, -0.15) is 11.3 Å². The van der Waals surface area contributed by atoms with Gasteiger partial charge in [-0.1, -0.05) is 6.92 Å². The van der Waals surface area contributed by atoms with Crippen LogP contribution in [0.15, 0.2) is 46.1 Å². The van der Waals surface area contributed by atoms with Crippen LogP contribution >= 0.6 is 35.3 Å². The summed E-state index contributed by atoms with van der Waals surface area (Å²) in [6.07, 6.45) is 0. The Bertz CT molecular complexity index is 720. The Morgan fingerprint density at radius 2 is 1.86 bits per heavy atom. The molecule has 2 aromatic rings. The van der Waals surface area contributed by atoms with Gasteiger partial charge in [0, 0.05) is 37.7 Å². The van der Waals surface area contributed by atoms with E-state index < -0.39 is 0 Å². The van der Waals surface area contributed by atoms with Crippen molar-refractivity contribution in [3.8, 4) is 5.75 Å². The number of nitrogens with one attached hydrogen (secondary N) is 3. The van der Waals surface area contributed by atoms with Crippen LogP contribution in [0.25, 0.3) is 0 Å². The molecule has 28 heavy (non-hydrogen) atoms. The fraction of sp³-hybridized carbons (Fsp3) is 0.400. The highest BCUT2D eigenvalue weighted by atomic mass is 127. The number of carbonyl (C=O) groups excluding carboxylic acids is 1. The van der Waals surface area contributed by atoms with E-state index in [4.69, 9.17) is 4.74 Å². The molecule has 3 N–H and O–H groups in total.